The molecule has 27 heavy (non-hydrogen) atoms. The standard InChI is InChI=1S/C15H16ClN5O6/c16-9-3-1-2-4-11(9)27-8-12-18-19-20-21(12)7-13(22)17-10(15(25)26)5-6-14(23)24/h1-4,10H,5-8H2,(H,17,22)(H,23,24)(H,25,26). The van der Waals surface area contributed by atoms with Crippen molar-refractivity contribution in [3.05, 3.63) is 35.1 Å². The summed E-state index contributed by atoms with van der Waals surface area (Å²) < 4.78 is 6.64. The molecule has 0 fully saturated rings. The third-order valence-corrected chi connectivity index (χ3v) is 3.69. The van der Waals surface area contributed by atoms with Crippen LogP contribution in [-0.4, -0.2) is 54.3 Å². The molecule has 0 spiro atoms. The Balaban J connectivity index is 1.94. The molecule has 0 bridgehead atoms. The Morgan fingerprint density at radius 3 is 2.67 bits per heavy atom. The minimum atomic E-state index is -1.33. The van der Waals surface area contributed by atoms with Gasteiger partial charge in [-0.05, 0) is 29.0 Å². The number of hydrogen-bond donors (Lipinski definition) is 3. The predicted molar refractivity (Wildman–Crippen MR) is 90.0 cm³/mol. The van der Waals surface area contributed by atoms with E-state index in [1.807, 2.05) is 0 Å². The highest BCUT2D eigenvalue weighted by Gasteiger charge is 2.22. The number of benzene rings is 1. The normalized spacial score (nSPS) is 11.6. The number of aromatic nitrogens is 4. The fourth-order valence-corrected chi connectivity index (χ4v) is 2.24. The molecule has 11 nitrogen and oxygen atoms in total. The summed E-state index contributed by atoms with van der Waals surface area (Å²) >= 11 is 5.98. The van der Waals surface area contributed by atoms with E-state index in [9.17, 15) is 14.4 Å². The smallest absolute Gasteiger partial charge is 0.326 e. The number of ether oxygens (including phenoxy) is 1. The van der Waals surface area contributed by atoms with Crippen molar-refractivity contribution in [3.63, 3.8) is 0 Å². The molecule has 2 rings (SSSR count). The summed E-state index contributed by atoms with van der Waals surface area (Å²) in [5, 5.41) is 31.2. The maximum atomic E-state index is 12.1. The quantitative estimate of drug-likeness (QED) is 0.514. The van der Waals surface area contributed by atoms with Crippen LogP contribution in [0.1, 0.15) is 18.7 Å². The van der Waals surface area contributed by atoms with Crippen LogP contribution < -0.4 is 10.1 Å². The molecular formula is C15H16ClN5O6. The van der Waals surface area contributed by atoms with Crippen molar-refractivity contribution in [2.75, 3.05) is 0 Å². The van der Waals surface area contributed by atoms with Gasteiger partial charge in [-0.1, -0.05) is 23.7 Å². The van der Waals surface area contributed by atoms with Crippen LogP contribution in [-0.2, 0) is 27.5 Å². The molecule has 1 amide bonds. The minimum Gasteiger partial charge on any atom is -0.484 e. The van der Waals surface area contributed by atoms with Crippen molar-refractivity contribution in [3.8, 4) is 5.75 Å². The van der Waals surface area contributed by atoms with Crippen LogP contribution >= 0.6 is 11.6 Å². The monoisotopic (exact) mass is 397 g/mol. The van der Waals surface area contributed by atoms with Crippen LogP contribution in [0.3, 0.4) is 0 Å². The number of carboxylic acids is 2. The first-order chi connectivity index (χ1) is 12.9. The van der Waals surface area contributed by atoms with Crippen molar-refractivity contribution in [2.24, 2.45) is 0 Å². The number of para-hydroxylation sites is 1. The van der Waals surface area contributed by atoms with Gasteiger partial charge in [-0.2, -0.15) is 0 Å². The molecule has 0 radical (unpaired) electrons. The number of carbonyl (C=O) groups is 3. The van der Waals surface area contributed by atoms with Gasteiger partial charge in [0.1, 0.15) is 24.9 Å². The Hall–Kier alpha value is -3.21. The number of carboxylic acid groups (broad SMARTS) is 2. The Labute approximate surface area is 157 Å². The Bertz CT molecular complexity index is 827. The zero-order valence-electron chi connectivity index (χ0n) is 13.9. The number of hydrogen-bond acceptors (Lipinski definition) is 7. The van der Waals surface area contributed by atoms with Gasteiger partial charge in [-0.3, -0.25) is 9.59 Å². The van der Waals surface area contributed by atoms with E-state index in [0.717, 1.165) is 4.68 Å². The number of tetrazole rings is 1. The molecule has 0 aliphatic rings. The molecule has 1 aromatic heterocycles. The maximum Gasteiger partial charge on any atom is 0.326 e. The zero-order chi connectivity index (χ0) is 19.8. The van der Waals surface area contributed by atoms with Crippen LogP contribution in [0.5, 0.6) is 5.75 Å². The molecule has 1 aromatic carbocycles. The van der Waals surface area contributed by atoms with E-state index in [1.54, 1.807) is 24.3 Å². The second-order valence-corrected chi connectivity index (χ2v) is 5.77. The summed E-state index contributed by atoms with van der Waals surface area (Å²) in [6, 6.07) is 5.46. The average molecular weight is 398 g/mol. The first-order valence-corrected chi connectivity index (χ1v) is 8.11. The van der Waals surface area contributed by atoms with Gasteiger partial charge in [0, 0.05) is 6.42 Å². The van der Waals surface area contributed by atoms with Gasteiger partial charge < -0.3 is 20.3 Å². The van der Waals surface area contributed by atoms with Crippen LogP contribution in [0.15, 0.2) is 24.3 Å². The van der Waals surface area contributed by atoms with Crippen molar-refractivity contribution in [1.82, 2.24) is 25.5 Å². The van der Waals surface area contributed by atoms with E-state index in [4.69, 9.17) is 26.6 Å². The van der Waals surface area contributed by atoms with Gasteiger partial charge >= 0.3 is 11.9 Å². The lowest BCUT2D eigenvalue weighted by molar-refractivity contribution is -0.143. The fraction of sp³-hybridized carbons (Fsp3) is 0.333. The summed E-state index contributed by atoms with van der Waals surface area (Å²) in [6.45, 7) is -0.420. The lowest BCUT2D eigenvalue weighted by Crippen LogP contribution is -2.42. The van der Waals surface area contributed by atoms with Crippen LogP contribution in [0, 0.1) is 0 Å². The number of halogens is 1. The summed E-state index contributed by atoms with van der Waals surface area (Å²) in [7, 11) is 0. The van der Waals surface area contributed by atoms with Crippen LogP contribution in [0.25, 0.3) is 0 Å². The second kappa shape index (κ2) is 9.48. The maximum absolute atomic E-state index is 12.1. The van der Waals surface area contributed by atoms with E-state index in [2.05, 4.69) is 20.8 Å². The molecule has 12 heteroatoms. The highest BCUT2D eigenvalue weighted by molar-refractivity contribution is 6.32. The summed E-state index contributed by atoms with van der Waals surface area (Å²) in [4.78, 5) is 33.7. The van der Waals surface area contributed by atoms with E-state index < -0.39 is 23.9 Å². The van der Waals surface area contributed by atoms with Crippen molar-refractivity contribution in [2.45, 2.75) is 32.0 Å². The van der Waals surface area contributed by atoms with Gasteiger partial charge in [0.25, 0.3) is 0 Å². The summed E-state index contributed by atoms with van der Waals surface area (Å²) in [5.74, 6) is -2.53. The number of nitrogens with one attached hydrogen (secondary N) is 1. The largest absolute Gasteiger partial charge is 0.484 e. The van der Waals surface area contributed by atoms with Gasteiger partial charge in [0.2, 0.25) is 5.91 Å². The lowest BCUT2D eigenvalue weighted by Gasteiger charge is -2.14. The van der Waals surface area contributed by atoms with Crippen molar-refractivity contribution in [1.29, 1.82) is 0 Å². The second-order valence-electron chi connectivity index (χ2n) is 5.36. The molecule has 144 valence electrons. The number of nitrogens with zero attached hydrogens (tertiary/aromatic N) is 4. The predicted octanol–water partition coefficient (Wildman–Crippen LogP) is 0.340. The molecule has 0 saturated heterocycles. The van der Waals surface area contributed by atoms with Gasteiger partial charge in [-0.25, -0.2) is 9.48 Å². The molecule has 0 saturated carbocycles. The SMILES string of the molecule is O=C(O)CCC(NC(=O)Cn1nnnc1COc1ccccc1Cl)C(=O)O. The first kappa shape index (κ1) is 20.1. The Morgan fingerprint density at radius 1 is 1.26 bits per heavy atom. The number of carbonyl (C=O) groups excluding carboxylic acids is 1. The van der Waals surface area contributed by atoms with Gasteiger partial charge in [0.15, 0.2) is 5.82 Å². The van der Waals surface area contributed by atoms with Crippen molar-refractivity contribution >= 4 is 29.4 Å². The average Bonchev–Trinajstić information content (AvgIpc) is 3.04. The topological polar surface area (TPSA) is 157 Å². The molecular weight excluding hydrogens is 382 g/mol. The molecule has 2 aromatic rings. The van der Waals surface area contributed by atoms with E-state index in [1.165, 1.54) is 0 Å². The third kappa shape index (κ3) is 6.22. The first-order valence-electron chi connectivity index (χ1n) is 7.73. The molecule has 0 aliphatic heterocycles. The summed E-state index contributed by atoms with van der Waals surface area (Å²) in [6.07, 6.45) is -0.631. The molecule has 1 unspecified atom stereocenters. The zero-order valence-corrected chi connectivity index (χ0v) is 14.7. The molecule has 3 N–H and O–H groups in total. The molecule has 1 atom stereocenters. The minimum absolute atomic E-state index is 0.0641. The molecule has 1 heterocycles. The third-order valence-electron chi connectivity index (χ3n) is 3.37. The number of amides is 1. The molecule has 0 aliphatic carbocycles. The van der Waals surface area contributed by atoms with Crippen LogP contribution in [0.2, 0.25) is 5.02 Å². The lowest BCUT2D eigenvalue weighted by atomic mass is 10.1. The van der Waals surface area contributed by atoms with E-state index in [0.29, 0.717) is 10.8 Å². The Morgan fingerprint density at radius 2 is 2.00 bits per heavy atom. The van der Waals surface area contributed by atoms with E-state index in [-0.39, 0.29) is 31.8 Å². The number of aliphatic carboxylic acids is 2. The van der Waals surface area contributed by atoms with Gasteiger partial charge in [-0.15, -0.1) is 5.10 Å². The van der Waals surface area contributed by atoms with E-state index >= 15 is 0 Å². The van der Waals surface area contributed by atoms with Gasteiger partial charge in [0.05, 0.1) is 5.02 Å². The summed E-state index contributed by atoms with van der Waals surface area (Å²) in [5.41, 5.74) is 0. The number of rotatable bonds is 10. The highest BCUT2D eigenvalue weighted by atomic mass is 35.5. The fourth-order valence-electron chi connectivity index (χ4n) is 2.05. The highest BCUT2D eigenvalue weighted by Crippen LogP contribution is 2.23. The Kier molecular flexibility index (Phi) is 7.06. The van der Waals surface area contributed by atoms with Crippen molar-refractivity contribution < 1.29 is 29.3 Å². The van der Waals surface area contributed by atoms with Crippen LogP contribution in [0.4, 0.5) is 0 Å².